The summed E-state index contributed by atoms with van der Waals surface area (Å²) < 4.78 is 4.95. The Morgan fingerprint density at radius 2 is 1.95 bits per heavy atom. The summed E-state index contributed by atoms with van der Waals surface area (Å²) in [6, 6.07) is 0. The fraction of sp³-hybridized carbons (Fsp3) is 0.375. The van der Waals surface area contributed by atoms with Crippen molar-refractivity contribution >= 4 is 23.7 Å². The molecule has 0 atom stereocenters. The van der Waals surface area contributed by atoms with E-state index in [1.165, 1.54) is 0 Å². The number of ether oxygens (including phenoxy) is 1. The number of aliphatic imine (C=N–C) groups is 2. The Morgan fingerprint density at radius 1 is 1.35 bits per heavy atom. The number of hydrogen-bond acceptors (Lipinski definition) is 2. The van der Waals surface area contributed by atoms with Crippen LogP contribution in [-0.4, -0.2) is 32.8 Å². The molecular weight excluding hydrogens is 272 g/mol. The van der Waals surface area contributed by atoms with Crippen LogP contribution in [0.15, 0.2) is 57.5 Å². The molecule has 0 aliphatic rings. The van der Waals surface area contributed by atoms with Crippen LogP contribution in [0.5, 0.6) is 0 Å². The fourth-order valence-electron chi connectivity index (χ4n) is 1.12. The lowest BCUT2D eigenvalue weighted by molar-refractivity contribution is 0.230. The molecule has 112 valence electrons. The summed E-state index contributed by atoms with van der Waals surface area (Å²) in [4.78, 5) is 8.37. The van der Waals surface area contributed by atoms with Gasteiger partial charge < -0.3 is 4.74 Å². The number of amidine groups is 1. The average molecular weight is 297 g/mol. The number of nitrogens with zero attached hydrogens (tertiary/aromatic N) is 2. The molecule has 0 aliphatic heterocycles. The molecule has 0 amide bonds. The topological polar surface area (TPSA) is 34.0 Å². The summed E-state index contributed by atoms with van der Waals surface area (Å²) in [5.41, 5.74) is 1.59. The first-order valence-electron chi connectivity index (χ1n) is 6.42. The van der Waals surface area contributed by atoms with E-state index in [1.54, 1.807) is 32.5 Å². The smallest absolute Gasteiger partial charge is 0.153 e. The third-order valence-corrected chi connectivity index (χ3v) is 2.23. The SMILES string of the molecule is C=C/C(Cl)=C\C(=C/C)C(N=CC(=C)COC)=NC.CC. The van der Waals surface area contributed by atoms with Crippen molar-refractivity contribution < 1.29 is 4.74 Å². The lowest BCUT2D eigenvalue weighted by Crippen LogP contribution is -2.01. The normalized spacial score (nSPS) is 13.0. The maximum atomic E-state index is 5.91. The molecule has 0 aromatic carbocycles. The first kappa shape index (κ1) is 20.9. The van der Waals surface area contributed by atoms with E-state index >= 15 is 0 Å². The van der Waals surface area contributed by atoms with Crippen LogP contribution in [0.25, 0.3) is 0 Å². The van der Waals surface area contributed by atoms with Gasteiger partial charge in [-0.25, -0.2) is 4.99 Å². The second-order valence-corrected chi connectivity index (χ2v) is 3.81. The molecule has 0 N–H and O–H groups in total. The maximum Gasteiger partial charge on any atom is 0.153 e. The quantitative estimate of drug-likeness (QED) is 0.401. The molecule has 20 heavy (non-hydrogen) atoms. The highest BCUT2D eigenvalue weighted by Gasteiger charge is 2.01. The van der Waals surface area contributed by atoms with Gasteiger partial charge in [0.15, 0.2) is 5.84 Å². The second kappa shape index (κ2) is 14.0. The van der Waals surface area contributed by atoms with E-state index in [1.807, 2.05) is 26.8 Å². The highest BCUT2D eigenvalue weighted by molar-refractivity contribution is 6.31. The van der Waals surface area contributed by atoms with Gasteiger partial charge in [-0.2, -0.15) is 0 Å². The van der Waals surface area contributed by atoms with Crippen LogP contribution in [0.2, 0.25) is 0 Å². The van der Waals surface area contributed by atoms with Crippen LogP contribution >= 0.6 is 11.6 Å². The highest BCUT2D eigenvalue weighted by atomic mass is 35.5. The zero-order valence-corrected chi connectivity index (χ0v) is 13.9. The Bertz CT molecular complexity index is 418. The first-order chi connectivity index (χ1) is 9.58. The van der Waals surface area contributed by atoms with Gasteiger partial charge in [0.2, 0.25) is 0 Å². The Hall–Kier alpha value is -1.45. The Balaban J connectivity index is 0. The zero-order chi connectivity index (χ0) is 16.0. The van der Waals surface area contributed by atoms with Gasteiger partial charge in [-0.1, -0.05) is 50.8 Å². The lowest BCUT2D eigenvalue weighted by Gasteiger charge is -2.02. The van der Waals surface area contributed by atoms with Crippen molar-refractivity contribution in [2.45, 2.75) is 20.8 Å². The molecule has 0 aliphatic carbocycles. The second-order valence-electron chi connectivity index (χ2n) is 3.37. The molecule has 0 heterocycles. The summed E-state index contributed by atoms with van der Waals surface area (Å²) in [5.74, 6) is 0.578. The molecule has 0 aromatic heterocycles. The van der Waals surface area contributed by atoms with E-state index in [9.17, 15) is 0 Å². The Morgan fingerprint density at radius 3 is 2.35 bits per heavy atom. The van der Waals surface area contributed by atoms with Crippen molar-refractivity contribution in [2.24, 2.45) is 9.98 Å². The monoisotopic (exact) mass is 296 g/mol. The van der Waals surface area contributed by atoms with E-state index < -0.39 is 0 Å². The molecule has 0 saturated carbocycles. The lowest BCUT2D eigenvalue weighted by atomic mass is 10.2. The van der Waals surface area contributed by atoms with E-state index in [0.717, 1.165) is 11.1 Å². The van der Waals surface area contributed by atoms with Gasteiger partial charge >= 0.3 is 0 Å². The van der Waals surface area contributed by atoms with E-state index in [2.05, 4.69) is 23.1 Å². The molecule has 0 spiro atoms. The van der Waals surface area contributed by atoms with Crippen molar-refractivity contribution in [3.8, 4) is 0 Å². The summed E-state index contributed by atoms with van der Waals surface area (Å²) in [7, 11) is 3.28. The molecule has 0 rings (SSSR count). The van der Waals surface area contributed by atoms with Gasteiger partial charge in [-0.15, -0.1) is 0 Å². The largest absolute Gasteiger partial charge is 0.380 e. The van der Waals surface area contributed by atoms with Crippen molar-refractivity contribution in [1.29, 1.82) is 0 Å². The van der Waals surface area contributed by atoms with E-state index in [4.69, 9.17) is 16.3 Å². The first-order valence-corrected chi connectivity index (χ1v) is 6.80. The molecule has 0 saturated heterocycles. The van der Waals surface area contributed by atoms with Crippen LogP contribution < -0.4 is 0 Å². The highest BCUT2D eigenvalue weighted by Crippen LogP contribution is 2.10. The van der Waals surface area contributed by atoms with Crippen molar-refractivity contribution in [1.82, 2.24) is 0 Å². The van der Waals surface area contributed by atoms with Crippen LogP contribution in [0, 0.1) is 0 Å². The van der Waals surface area contributed by atoms with Crippen molar-refractivity contribution in [2.75, 3.05) is 20.8 Å². The van der Waals surface area contributed by atoms with Gasteiger partial charge in [-0.05, 0) is 18.6 Å². The van der Waals surface area contributed by atoms with Crippen LogP contribution in [0.3, 0.4) is 0 Å². The number of hydrogen-bond donors (Lipinski definition) is 0. The minimum atomic E-state index is 0.439. The van der Waals surface area contributed by atoms with E-state index in [-0.39, 0.29) is 0 Å². The van der Waals surface area contributed by atoms with Gasteiger partial charge in [0.25, 0.3) is 0 Å². The Labute approximate surface area is 128 Å². The number of allylic oxidation sites excluding steroid dienone is 3. The number of halogens is 1. The minimum absolute atomic E-state index is 0.439. The third kappa shape index (κ3) is 9.48. The third-order valence-electron chi connectivity index (χ3n) is 1.97. The molecule has 0 bridgehead atoms. The van der Waals surface area contributed by atoms with Crippen LogP contribution in [0.1, 0.15) is 20.8 Å². The van der Waals surface area contributed by atoms with Gasteiger partial charge in [-0.3, -0.25) is 4.99 Å². The fourth-order valence-corrected chi connectivity index (χ4v) is 1.24. The predicted molar refractivity (Wildman–Crippen MR) is 92.1 cm³/mol. The van der Waals surface area contributed by atoms with Gasteiger partial charge in [0, 0.05) is 31.0 Å². The standard InChI is InChI=1S/C14H19ClN2O.C2H6/c1-6-12(8-13(15)7-2)14(16-4)17-9-11(3)10-18-5;1-2/h6-9H,2-3,10H2,1,4-5H3;1-2H3/b12-6+,13-8+,16-14?,17-9?;. The average Bonchev–Trinajstić information content (AvgIpc) is 2.48. The molecule has 0 radical (unpaired) electrons. The van der Waals surface area contributed by atoms with Gasteiger partial charge in [0.1, 0.15) is 0 Å². The molecule has 0 unspecified atom stereocenters. The molecular formula is C16H25ClN2O. The summed E-state index contributed by atoms with van der Waals surface area (Å²) in [6.45, 7) is 13.7. The van der Waals surface area contributed by atoms with Crippen molar-refractivity contribution in [3.63, 3.8) is 0 Å². The van der Waals surface area contributed by atoms with Crippen LogP contribution in [0.4, 0.5) is 0 Å². The summed E-state index contributed by atoms with van der Waals surface area (Å²) in [5, 5.41) is 0.537. The number of methoxy groups -OCH3 is 1. The molecule has 0 aromatic rings. The maximum absolute atomic E-state index is 5.91. The van der Waals surface area contributed by atoms with Crippen molar-refractivity contribution in [3.05, 3.63) is 47.6 Å². The predicted octanol–water partition coefficient (Wildman–Crippen LogP) is 4.57. The molecule has 3 nitrogen and oxygen atoms in total. The summed E-state index contributed by atoms with van der Waals surface area (Å²) in [6.07, 6.45) is 6.83. The molecule has 0 fully saturated rings. The van der Waals surface area contributed by atoms with Gasteiger partial charge in [0.05, 0.1) is 6.61 Å². The summed E-state index contributed by atoms with van der Waals surface area (Å²) >= 11 is 5.91. The van der Waals surface area contributed by atoms with E-state index in [0.29, 0.717) is 17.5 Å². The zero-order valence-electron chi connectivity index (χ0n) is 13.1. The van der Waals surface area contributed by atoms with Crippen LogP contribution in [-0.2, 0) is 4.74 Å². The minimum Gasteiger partial charge on any atom is -0.380 e. The molecule has 4 heteroatoms. The Kier molecular flexibility index (Phi) is 14.6. The number of rotatable bonds is 6.